The fourth-order valence-electron chi connectivity index (χ4n) is 3.17. The van der Waals surface area contributed by atoms with Crippen molar-refractivity contribution in [3.05, 3.63) is 71.5 Å². The van der Waals surface area contributed by atoms with Crippen LogP contribution in [0.1, 0.15) is 36.3 Å². The summed E-state index contributed by atoms with van der Waals surface area (Å²) in [4.78, 5) is 12.3. The van der Waals surface area contributed by atoms with Crippen LogP contribution >= 0.6 is 11.8 Å². The van der Waals surface area contributed by atoms with Crippen molar-refractivity contribution in [3.63, 3.8) is 0 Å². The number of carbonyl (C=O) groups is 1. The highest BCUT2D eigenvalue weighted by Crippen LogP contribution is 2.18. The van der Waals surface area contributed by atoms with E-state index in [2.05, 4.69) is 27.6 Å². The van der Waals surface area contributed by atoms with Crippen molar-refractivity contribution in [1.29, 1.82) is 0 Å². The Morgan fingerprint density at radius 1 is 1.10 bits per heavy atom. The third-order valence-electron chi connectivity index (χ3n) is 4.96. The molecule has 30 heavy (non-hydrogen) atoms. The number of amides is 1. The number of methoxy groups -OCH3 is 1. The third-order valence-corrected chi connectivity index (χ3v) is 5.98. The van der Waals surface area contributed by atoms with Crippen molar-refractivity contribution in [1.82, 2.24) is 20.1 Å². The summed E-state index contributed by atoms with van der Waals surface area (Å²) in [6, 6.07) is 18.1. The predicted molar refractivity (Wildman–Crippen MR) is 120 cm³/mol. The lowest BCUT2D eigenvalue weighted by atomic mass is 10.1. The maximum absolute atomic E-state index is 12.3. The van der Waals surface area contributed by atoms with Crippen LogP contribution in [-0.4, -0.2) is 33.5 Å². The largest absolute Gasteiger partial charge is 0.497 e. The molecule has 0 saturated carbocycles. The van der Waals surface area contributed by atoms with E-state index in [1.165, 1.54) is 17.3 Å². The number of rotatable bonds is 10. The van der Waals surface area contributed by atoms with Crippen molar-refractivity contribution in [2.45, 2.75) is 37.4 Å². The third kappa shape index (κ3) is 6.10. The number of ether oxygens (including phenoxy) is 1. The van der Waals surface area contributed by atoms with Crippen molar-refractivity contribution >= 4 is 17.7 Å². The predicted octanol–water partition coefficient (Wildman–Crippen LogP) is 3.97. The number of hydrogen-bond acceptors (Lipinski definition) is 5. The summed E-state index contributed by atoms with van der Waals surface area (Å²) >= 11 is 1.41. The van der Waals surface area contributed by atoms with Gasteiger partial charge in [0.05, 0.1) is 18.9 Å². The summed E-state index contributed by atoms with van der Waals surface area (Å²) in [7, 11) is 3.63. The Balaban J connectivity index is 1.44. The standard InChI is InChI=1S/C23H28N4O2S/c1-17(19-9-5-4-6-10-19)24-22(28)16-30-23-26-25-21(27(23)2)11-7-8-18-12-14-20(29-3)15-13-18/h4-6,9-10,12-15,17H,7-8,11,16H2,1-3H3,(H,24,28). The van der Waals surface area contributed by atoms with E-state index < -0.39 is 0 Å². The number of aromatic nitrogens is 3. The number of benzene rings is 2. The zero-order valence-electron chi connectivity index (χ0n) is 17.7. The van der Waals surface area contributed by atoms with E-state index in [1.54, 1.807) is 7.11 Å². The summed E-state index contributed by atoms with van der Waals surface area (Å²) in [6.45, 7) is 1.99. The molecule has 0 fully saturated rings. The van der Waals surface area contributed by atoms with Crippen LogP contribution in [0.2, 0.25) is 0 Å². The molecule has 0 radical (unpaired) electrons. The van der Waals surface area contributed by atoms with Gasteiger partial charge in [0.1, 0.15) is 11.6 Å². The minimum Gasteiger partial charge on any atom is -0.497 e. The molecule has 0 aliphatic heterocycles. The molecule has 1 heterocycles. The minimum atomic E-state index is -0.0210. The Kier molecular flexibility index (Phi) is 7.90. The van der Waals surface area contributed by atoms with Gasteiger partial charge in [-0.15, -0.1) is 10.2 Å². The zero-order valence-corrected chi connectivity index (χ0v) is 18.5. The first-order chi connectivity index (χ1) is 14.6. The van der Waals surface area contributed by atoms with E-state index in [1.807, 2.05) is 61.0 Å². The molecule has 1 atom stereocenters. The molecule has 158 valence electrons. The summed E-state index contributed by atoms with van der Waals surface area (Å²) in [5.41, 5.74) is 2.37. The average molecular weight is 425 g/mol. The van der Waals surface area contributed by atoms with Gasteiger partial charge in [0.15, 0.2) is 5.16 Å². The van der Waals surface area contributed by atoms with Crippen molar-refractivity contribution in [3.8, 4) is 5.75 Å². The number of hydrogen-bond donors (Lipinski definition) is 1. The first-order valence-electron chi connectivity index (χ1n) is 10.0. The second kappa shape index (κ2) is 10.8. The molecule has 1 aromatic heterocycles. The summed E-state index contributed by atoms with van der Waals surface area (Å²) in [6.07, 6.45) is 2.80. The lowest BCUT2D eigenvalue weighted by Gasteiger charge is -2.14. The van der Waals surface area contributed by atoms with Gasteiger partial charge in [-0.25, -0.2) is 0 Å². The monoisotopic (exact) mass is 424 g/mol. The van der Waals surface area contributed by atoms with E-state index in [4.69, 9.17) is 4.74 Å². The molecule has 1 N–H and O–H groups in total. The molecule has 7 heteroatoms. The first kappa shape index (κ1) is 21.9. The molecule has 0 bridgehead atoms. The van der Waals surface area contributed by atoms with E-state index in [0.717, 1.165) is 41.6 Å². The molecule has 0 saturated heterocycles. The molecule has 3 aromatic rings. The van der Waals surface area contributed by atoms with Gasteiger partial charge in [0, 0.05) is 13.5 Å². The summed E-state index contributed by atoms with van der Waals surface area (Å²) in [5.74, 6) is 2.11. The van der Waals surface area contributed by atoms with Gasteiger partial charge >= 0.3 is 0 Å². The molecule has 1 unspecified atom stereocenters. The quantitative estimate of drug-likeness (QED) is 0.499. The lowest BCUT2D eigenvalue weighted by Crippen LogP contribution is -2.28. The highest BCUT2D eigenvalue weighted by atomic mass is 32.2. The Morgan fingerprint density at radius 3 is 2.53 bits per heavy atom. The Bertz CT molecular complexity index is 942. The molecule has 6 nitrogen and oxygen atoms in total. The molecule has 3 rings (SSSR count). The highest BCUT2D eigenvalue weighted by molar-refractivity contribution is 7.99. The van der Waals surface area contributed by atoms with Gasteiger partial charge in [-0.3, -0.25) is 4.79 Å². The number of nitrogens with one attached hydrogen (secondary N) is 1. The molecule has 1 amide bonds. The second-order valence-electron chi connectivity index (χ2n) is 7.15. The molecule has 0 aliphatic carbocycles. The Labute approximate surface area is 182 Å². The highest BCUT2D eigenvalue weighted by Gasteiger charge is 2.13. The molecule has 2 aromatic carbocycles. The van der Waals surface area contributed by atoms with Crippen LogP contribution in [0.5, 0.6) is 5.75 Å². The van der Waals surface area contributed by atoms with Crippen LogP contribution in [0.4, 0.5) is 0 Å². The van der Waals surface area contributed by atoms with Gasteiger partial charge in [-0.05, 0) is 43.0 Å². The van der Waals surface area contributed by atoms with Crippen molar-refractivity contribution in [2.24, 2.45) is 7.05 Å². The van der Waals surface area contributed by atoms with Crippen LogP contribution in [0, 0.1) is 0 Å². The van der Waals surface area contributed by atoms with Crippen LogP contribution in [-0.2, 0) is 24.7 Å². The van der Waals surface area contributed by atoms with Gasteiger partial charge in [-0.1, -0.05) is 54.2 Å². The Morgan fingerprint density at radius 2 is 1.83 bits per heavy atom. The molecular formula is C23H28N4O2S. The van der Waals surface area contributed by atoms with Crippen LogP contribution < -0.4 is 10.1 Å². The number of carbonyl (C=O) groups excluding carboxylic acids is 1. The van der Waals surface area contributed by atoms with Crippen molar-refractivity contribution in [2.75, 3.05) is 12.9 Å². The zero-order chi connectivity index (χ0) is 21.3. The molecule has 0 aliphatic rings. The summed E-state index contributed by atoms with van der Waals surface area (Å²) < 4.78 is 7.17. The topological polar surface area (TPSA) is 69.0 Å². The van der Waals surface area contributed by atoms with E-state index in [9.17, 15) is 4.79 Å². The van der Waals surface area contributed by atoms with Crippen LogP contribution in [0.15, 0.2) is 59.8 Å². The smallest absolute Gasteiger partial charge is 0.230 e. The number of thioether (sulfide) groups is 1. The molecular weight excluding hydrogens is 396 g/mol. The summed E-state index contributed by atoms with van der Waals surface area (Å²) in [5, 5.41) is 12.3. The fourth-order valence-corrected chi connectivity index (χ4v) is 3.91. The normalized spacial score (nSPS) is 11.8. The minimum absolute atomic E-state index is 0.0135. The van der Waals surface area contributed by atoms with Gasteiger partial charge in [0.25, 0.3) is 0 Å². The van der Waals surface area contributed by atoms with Crippen LogP contribution in [0.3, 0.4) is 0 Å². The van der Waals surface area contributed by atoms with Gasteiger partial charge in [-0.2, -0.15) is 0 Å². The maximum atomic E-state index is 12.3. The SMILES string of the molecule is COc1ccc(CCCc2nnc(SCC(=O)NC(C)c3ccccc3)n2C)cc1. The number of nitrogens with zero attached hydrogens (tertiary/aromatic N) is 3. The van der Waals surface area contributed by atoms with Gasteiger partial charge < -0.3 is 14.6 Å². The average Bonchev–Trinajstić information content (AvgIpc) is 3.13. The van der Waals surface area contributed by atoms with E-state index >= 15 is 0 Å². The van der Waals surface area contributed by atoms with Gasteiger partial charge in [0.2, 0.25) is 5.91 Å². The first-order valence-corrected chi connectivity index (χ1v) is 11.0. The lowest BCUT2D eigenvalue weighted by molar-refractivity contribution is -0.119. The van der Waals surface area contributed by atoms with E-state index in [0.29, 0.717) is 5.75 Å². The molecule has 0 spiro atoms. The number of aryl methyl sites for hydroxylation is 2. The van der Waals surface area contributed by atoms with E-state index in [-0.39, 0.29) is 11.9 Å². The Hall–Kier alpha value is -2.80. The fraction of sp³-hybridized carbons (Fsp3) is 0.348. The van der Waals surface area contributed by atoms with Crippen LogP contribution in [0.25, 0.3) is 0 Å². The second-order valence-corrected chi connectivity index (χ2v) is 8.09. The maximum Gasteiger partial charge on any atom is 0.230 e. The van der Waals surface area contributed by atoms with Crippen molar-refractivity contribution < 1.29 is 9.53 Å².